The lowest BCUT2D eigenvalue weighted by molar-refractivity contribution is 0.0954. The quantitative estimate of drug-likeness (QED) is 0.808. The van der Waals surface area contributed by atoms with Gasteiger partial charge in [-0.05, 0) is 49.6 Å². The summed E-state index contributed by atoms with van der Waals surface area (Å²) in [7, 11) is 0. The molecule has 1 aromatic carbocycles. The maximum atomic E-state index is 12.1. The van der Waals surface area contributed by atoms with Crippen LogP contribution in [0.3, 0.4) is 0 Å². The molecule has 0 fully saturated rings. The fourth-order valence-corrected chi connectivity index (χ4v) is 2.30. The van der Waals surface area contributed by atoms with Gasteiger partial charge in [0.05, 0.1) is 5.56 Å². The maximum absolute atomic E-state index is 12.1. The number of nitrogens with zero attached hydrogens (tertiary/aromatic N) is 1. The Bertz CT molecular complexity index is 643. The van der Waals surface area contributed by atoms with Crippen LogP contribution in [0.15, 0.2) is 42.6 Å². The Hall–Kier alpha value is -2.07. The number of amides is 1. The van der Waals surface area contributed by atoms with Crippen molar-refractivity contribution in [2.75, 3.05) is 11.9 Å². The van der Waals surface area contributed by atoms with Crippen LogP contribution in [0.5, 0.6) is 0 Å². The summed E-state index contributed by atoms with van der Waals surface area (Å²) in [5.74, 6) is 0.671. The third-order valence-electron chi connectivity index (χ3n) is 3.62. The summed E-state index contributed by atoms with van der Waals surface area (Å²) < 4.78 is 0. The fraction of sp³-hybridized carbons (Fsp3) is 0.333. The molecule has 4 nitrogen and oxygen atoms in total. The molecule has 122 valence electrons. The Morgan fingerprint density at radius 2 is 2.13 bits per heavy atom. The molecule has 1 atom stereocenters. The van der Waals surface area contributed by atoms with E-state index >= 15 is 0 Å². The summed E-state index contributed by atoms with van der Waals surface area (Å²) in [6, 6.07) is 11.6. The molecule has 2 N–H and O–H groups in total. The number of pyridine rings is 1. The third-order valence-corrected chi connectivity index (χ3v) is 3.86. The summed E-state index contributed by atoms with van der Waals surface area (Å²) in [6.07, 6.45) is 3.36. The van der Waals surface area contributed by atoms with E-state index in [2.05, 4.69) is 29.5 Å². The normalized spacial score (nSPS) is 11.8. The molecule has 23 heavy (non-hydrogen) atoms. The molecule has 0 radical (unpaired) electrons. The van der Waals surface area contributed by atoms with Crippen molar-refractivity contribution in [2.24, 2.45) is 0 Å². The van der Waals surface area contributed by atoms with Gasteiger partial charge < -0.3 is 10.6 Å². The number of anilines is 1. The first-order chi connectivity index (χ1) is 11.1. The lowest BCUT2D eigenvalue weighted by Gasteiger charge is -2.12. The molecular formula is C18H22ClN3O. The van der Waals surface area contributed by atoms with Crippen LogP contribution in [0, 0.1) is 0 Å². The van der Waals surface area contributed by atoms with E-state index in [1.165, 1.54) is 0 Å². The van der Waals surface area contributed by atoms with Gasteiger partial charge in [0.25, 0.3) is 5.91 Å². The van der Waals surface area contributed by atoms with E-state index in [0.29, 0.717) is 23.2 Å². The van der Waals surface area contributed by atoms with Gasteiger partial charge in [-0.3, -0.25) is 4.79 Å². The lowest BCUT2D eigenvalue weighted by Crippen LogP contribution is -2.26. The minimum atomic E-state index is -0.116. The molecule has 0 saturated heterocycles. The van der Waals surface area contributed by atoms with Crippen LogP contribution in [0.4, 0.5) is 5.82 Å². The highest BCUT2D eigenvalue weighted by Crippen LogP contribution is 2.11. The van der Waals surface area contributed by atoms with E-state index in [9.17, 15) is 4.79 Å². The summed E-state index contributed by atoms with van der Waals surface area (Å²) in [5, 5.41) is 6.88. The van der Waals surface area contributed by atoms with Crippen LogP contribution < -0.4 is 10.6 Å². The Balaban J connectivity index is 1.83. The van der Waals surface area contributed by atoms with Gasteiger partial charge in [0, 0.05) is 23.8 Å². The number of aromatic nitrogens is 1. The molecule has 1 heterocycles. The fourth-order valence-electron chi connectivity index (χ4n) is 2.08. The second-order valence-corrected chi connectivity index (χ2v) is 5.96. The van der Waals surface area contributed by atoms with E-state index in [1.807, 2.05) is 30.3 Å². The first kappa shape index (κ1) is 17.3. The first-order valence-corrected chi connectivity index (χ1v) is 8.21. The van der Waals surface area contributed by atoms with Gasteiger partial charge in [-0.15, -0.1) is 0 Å². The molecule has 1 aromatic heterocycles. The van der Waals surface area contributed by atoms with Gasteiger partial charge in [-0.2, -0.15) is 0 Å². The van der Waals surface area contributed by atoms with E-state index in [0.717, 1.165) is 24.2 Å². The van der Waals surface area contributed by atoms with Gasteiger partial charge >= 0.3 is 0 Å². The Morgan fingerprint density at radius 1 is 1.30 bits per heavy atom. The third kappa shape index (κ3) is 5.57. The Kier molecular flexibility index (Phi) is 6.41. The SMILES string of the molecule is CCC(C)Nc1ccc(C(=O)NCCc2cccc(Cl)c2)cn1. The summed E-state index contributed by atoms with van der Waals surface area (Å²) >= 11 is 5.94. The van der Waals surface area contributed by atoms with Crippen LogP contribution in [0.2, 0.25) is 5.02 Å². The molecule has 0 spiro atoms. The van der Waals surface area contributed by atoms with Gasteiger partial charge in [-0.1, -0.05) is 30.7 Å². The van der Waals surface area contributed by atoms with Gasteiger partial charge in [0.1, 0.15) is 5.82 Å². The lowest BCUT2D eigenvalue weighted by atomic mass is 10.1. The molecule has 2 aromatic rings. The van der Waals surface area contributed by atoms with Crippen molar-refractivity contribution < 1.29 is 4.79 Å². The van der Waals surface area contributed by atoms with Gasteiger partial charge in [-0.25, -0.2) is 4.98 Å². The Morgan fingerprint density at radius 3 is 2.78 bits per heavy atom. The Labute approximate surface area is 142 Å². The molecular weight excluding hydrogens is 310 g/mol. The summed E-state index contributed by atoms with van der Waals surface area (Å²) in [6.45, 7) is 4.77. The molecule has 2 rings (SSSR count). The number of benzene rings is 1. The smallest absolute Gasteiger partial charge is 0.252 e. The minimum absolute atomic E-state index is 0.116. The highest BCUT2D eigenvalue weighted by atomic mass is 35.5. The number of hydrogen-bond donors (Lipinski definition) is 2. The zero-order chi connectivity index (χ0) is 16.7. The average molecular weight is 332 g/mol. The molecule has 1 unspecified atom stereocenters. The zero-order valence-electron chi connectivity index (χ0n) is 13.5. The number of halogens is 1. The van der Waals surface area contributed by atoms with E-state index in [-0.39, 0.29) is 5.91 Å². The number of carbonyl (C=O) groups excluding carboxylic acids is 1. The van der Waals surface area contributed by atoms with Crippen molar-refractivity contribution in [1.29, 1.82) is 0 Å². The highest BCUT2D eigenvalue weighted by Gasteiger charge is 2.06. The summed E-state index contributed by atoms with van der Waals surface area (Å²) in [5.41, 5.74) is 1.66. The minimum Gasteiger partial charge on any atom is -0.368 e. The zero-order valence-corrected chi connectivity index (χ0v) is 14.2. The number of nitrogens with one attached hydrogen (secondary N) is 2. The van der Waals surface area contributed by atoms with Crippen molar-refractivity contribution in [3.05, 3.63) is 58.7 Å². The standard InChI is InChI=1S/C18H22ClN3O/c1-3-13(2)22-17-8-7-15(12-21-17)18(23)20-10-9-14-5-4-6-16(19)11-14/h4-8,11-13H,3,9-10H2,1-2H3,(H,20,23)(H,21,22). The van der Waals surface area contributed by atoms with Crippen molar-refractivity contribution in [2.45, 2.75) is 32.7 Å². The van der Waals surface area contributed by atoms with Crippen molar-refractivity contribution in [1.82, 2.24) is 10.3 Å². The number of rotatable bonds is 7. The number of hydrogen-bond acceptors (Lipinski definition) is 3. The molecule has 0 aliphatic heterocycles. The second-order valence-electron chi connectivity index (χ2n) is 5.52. The van der Waals surface area contributed by atoms with Crippen LogP contribution in [0.1, 0.15) is 36.2 Å². The first-order valence-electron chi connectivity index (χ1n) is 7.83. The highest BCUT2D eigenvalue weighted by molar-refractivity contribution is 6.30. The van der Waals surface area contributed by atoms with Crippen LogP contribution in [-0.2, 0) is 6.42 Å². The predicted molar refractivity (Wildman–Crippen MR) is 95.1 cm³/mol. The molecule has 1 amide bonds. The average Bonchev–Trinajstić information content (AvgIpc) is 2.55. The van der Waals surface area contributed by atoms with Gasteiger partial charge in [0.15, 0.2) is 0 Å². The molecule has 0 aliphatic carbocycles. The van der Waals surface area contributed by atoms with Crippen LogP contribution in [0.25, 0.3) is 0 Å². The molecule has 0 bridgehead atoms. The van der Waals surface area contributed by atoms with Crippen molar-refractivity contribution in [3.63, 3.8) is 0 Å². The van der Waals surface area contributed by atoms with Crippen LogP contribution >= 0.6 is 11.6 Å². The molecule has 5 heteroatoms. The second kappa shape index (κ2) is 8.53. The summed E-state index contributed by atoms with van der Waals surface area (Å²) in [4.78, 5) is 16.4. The predicted octanol–water partition coefficient (Wildman–Crippen LogP) is 3.92. The number of carbonyl (C=O) groups is 1. The largest absolute Gasteiger partial charge is 0.368 e. The topological polar surface area (TPSA) is 54.0 Å². The van der Waals surface area contributed by atoms with Gasteiger partial charge in [0.2, 0.25) is 0 Å². The van der Waals surface area contributed by atoms with E-state index in [4.69, 9.17) is 11.6 Å². The molecule has 0 aliphatic rings. The van der Waals surface area contributed by atoms with E-state index < -0.39 is 0 Å². The maximum Gasteiger partial charge on any atom is 0.252 e. The molecule has 0 saturated carbocycles. The van der Waals surface area contributed by atoms with Crippen molar-refractivity contribution >= 4 is 23.3 Å². The monoisotopic (exact) mass is 331 g/mol. The van der Waals surface area contributed by atoms with E-state index in [1.54, 1.807) is 12.3 Å². The van der Waals surface area contributed by atoms with Crippen molar-refractivity contribution in [3.8, 4) is 0 Å². The van der Waals surface area contributed by atoms with Crippen LogP contribution in [-0.4, -0.2) is 23.5 Å².